The first-order valence-electron chi connectivity index (χ1n) is 8.32. The fourth-order valence-electron chi connectivity index (χ4n) is 3.36. The van der Waals surface area contributed by atoms with Crippen molar-refractivity contribution in [1.29, 1.82) is 0 Å². The normalized spacial score (nSPS) is 15.1. The average molecular weight is 358 g/mol. The van der Waals surface area contributed by atoms with E-state index < -0.39 is 11.9 Å². The van der Waals surface area contributed by atoms with Crippen molar-refractivity contribution in [2.75, 3.05) is 0 Å². The van der Waals surface area contributed by atoms with E-state index in [-0.39, 0.29) is 11.5 Å². The van der Waals surface area contributed by atoms with Gasteiger partial charge < -0.3 is 5.73 Å². The molecule has 3 aromatic rings. The molecular formula is C21H15FN4O. The molecule has 0 spiro atoms. The zero-order valence-electron chi connectivity index (χ0n) is 14.5. The van der Waals surface area contributed by atoms with E-state index in [9.17, 15) is 9.18 Å². The van der Waals surface area contributed by atoms with Crippen LogP contribution < -0.4 is 5.73 Å². The van der Waals surface area contributed by atoms with Gasteiger partial charge in [0, 0.05) is 16.7 Å². The van der Waals surface area contributed by atoms with Crippen molar-refractivity contribution in [3.8, 4) is 18.0 Å². The van der Waals surface area contributed by atoms with Gasteiger partial charge in [0.15, 0.2) is 5.69 Å². The molecule has 2 N–H and O–H groups in total. The van der Waals surface area contributed by atoms with Gasteiger partial charge in [-0.2, -0.15) is 0 Å². The number of nitrogens with zero attached hydrogens (tertiary/aromatic N) is 3. The number of terminal acetylenes is 1. The topological polar surface area (TPSA) is 73.3 Å². The number of aromatic nitrogens is 2. The zero-order chi connectivity index (χ0) is 19.1. The number of nitrogens with two attached hydrogens (primary N) is 1. The van der Waals surface area contributed by atoms with Crippen LogP contribution in [0.3, 0.4) is 0 Å². The van der Waals surface area contributed by atoms with Gasteiger partial charge in [0.25, 0.3) is 5.91 Å². The number of hydrogen-bond acceptors (Lipinski definition) is 3. The number of amides is 1. The number of fused-ring (bicyclic) bond motifs is 3. The van der Waals surface area contributed by atoms with Crippen LogP contribution in [0, 0.1) is 18.2 Å². The lowest BCUT2D eigenvalue weighted by Crippen LogP contribution is -2.15. The highest BCUT2D eigenvalue weighted by molar-refractivity contribution is 6.15. The number of carbonyl (C=O) groups excluding carboxylic acids is 1. The van der Waals surface area contributed by atoms with E-state index in [1.54, 1.807) is 34.9 Å². The highest BCUT2D eigenvalue weighted by atomic mass is 19.1. The maximum Gasteiger partial charge on any atom is 0.269 e. The second-order valence-corrected chi connectivity index (χ2v) is 6.22. The summed E-state index contributed by atoms with van der Waals surface area (Å²) in [7, 11) is 0. The number of primary amides is 1. The van der Waals surface area contributed by atoms with E-state index in [2.05, 4.69) is 10.9 Å². The van der Waals surface area contributed by atoms with Crippen LogP contribution in [0.15, 0.2) is 53.8 Å². The summed E-state index contributed by atoms with van der Waals surface area (Å²) in [5, 5.41) is 0. The number of rotatable bonds is 2. The highest BCUT2D eigenvalue weighted by Crippen LogP contribution is 2.33. The molecule has 1 amide bonds. The molecule has 27 heavy (non-hydrogen) atoms. The third-order valence-corrected chi connectivity index (χ3v) is 4.56. The highest BCUT2D eigenvalue weighted by Gasteiger charge is 2.28. The van der Waals surface area contributed by atoms with Crippen LogP contribution in [0.2, 0.25) is 0 Å². The maximum absolute atomic E-state index is 14.6. The van der Waals surface area contributed by atoms with E-state index in [1.807, 2.05) is 13.0 Å². The minimum atomic E-state index is -0.637. The molecule has 1 atom stereocenters. The van der Waals surface area contributed by atoms with Crippen molar-refractivity contribution in [2.24, 2.45) is 10.7 Å². The van der Waals surface area contributed by atoms with Crippen molar-refractivity contribution in [3.63, 3.8) is 0 Å². The van der Waals surface area contributed by atoms with Crippen LogP contribution in [0.25, 0.3) is 5.69 Å². The summed E-state index contributed by atoms with van der Waals surface area (Å²) in [6.07, 6.45) is 7.09. The molecule has 2 heterocycles. The Balaban J connectivity index is 2.08. The SMILES string of the molecule is C#Cc1ccc2c(c1)C(c1ccccc1F)=NC(C)c1c(C(N)=O)ncn1-2. The monoisotopic (exact) mass is 358 g/mol. The summed E-state index contributed by atoms with van der Waals surface area (Å²) in [6.45, 7) is 1.81. The summed E-state index contributed by atoms with van der Waals surface area (Å²) in [5.74, 6) is 1.57. The number of imidazole rings is 1. The predicted molar refractivity (Wildman–Crippen MR) is 100 cm³/mol. The Morgan fingerprint density at radius 2 is 2.04 bits per heavy atom. The smallest absolute Gasteiger partial charge is 0.269 e. The van der Waals surface area contributed by atoms with Crippen molar-refractivity contribution < 1.29 is 9.18 Å². The second kappa shape index (κ2) is 6.22. The van der Waals surface area contributed by atoms with E-state index in [1.165, 1.54) is 12.4 Å². The summed E-state index contributed by atoms with van der Waals surface area (Å²) >= 11 is 0. The minimum Gasteiger partial charge on any atom is -0.364 e. The van der Waals surface area contributed by atoms with Crippen molar-refractivity contribution in [3.05, 3.63) is 82.7 Å². The van der Waals surface area contributed by atoms with Crippen LogP contribution in [-0.4, -0.2) is 21.2 Å². The minimum absolute atomic E-state index is 0.146. The molecule has 4 rings (SSSR count). The molecule has 1 aliphatic heterocycles. The lowest BCUT2D eigenvalue weighted by atomic mass is 9.98. The van der Waals surface area contributed by atoms with Gasteiger partial charge >= 0.3 is 0 Å². The Morgan fingerprint density at radius 1 is 1.26 bits per heavy atom. The lowest BCUT2D eigenvalue weighted by molar-refractivity contribution is 0.0994. The standard InChI is InChI=1S/C21H15FN4O/c1-3-13-8-9-17-15(10-13)18(14-6-4-5-7-16(14)22)25-12(2)20-19(21(23)27)24-11-26(17)20/h1,4-12H,2H3,(H2,23,27). The number of halogens is 1. The maximum atomic E-state index is 14.6. The van der Waals surface area contributed by atoms with Gasteiger partial charge in [-0.3, -0.25) is 14.4 Å². The number of hydrogen-bond donors (Lipinski definition) is 1. The molecular weight excluding hydrogens is 343 g/mol. The lowest BCUT2D eigenvalue weighted by Gasteiger charge is -2.12. The molecule has 1 aliphatic rings. The van der Waals surface area contributed by atoms with E-state index >= 15 is 0 Å². The zero-order valence-corrected chi connectivity index (χ0v) is 14.5. The van der Waals surface area contributed by atoms with Gasteiger partial charge in [0.05, 0.1) is 23.1 Å². The Morgan fingerprint density at radius 3 is 2.74 bits per heavy atom. The summed E-state index contributed by atoms with van der Waals surface area (Å²) in [6, 6.07) is 11.3. The Kier molecular flexibility index (Phi) is 3.85. The van der Waals surface area contributed by atoms with Crippen molar-refractivity contribution in [1.82, 2.24) is 9.55 Å². The third kappa shape index (κ3) is 2.61. The van der Waals surface area contributed by atoms with E-state index in [0.717, 1.165) is 0 Å². The molecule has 0 aliphatic carbocycles. The van der Waals surface area contributed by atoms with Crippen LogP contribution >= 0.6 is 0 Å². The van der Waals surface area contributed by atoms with E-state index in [4.69, 9.17) is 17.1 Å². The summed E-state index contributed by atoms with van der Waals surface area (Å²) in [4.78, 5) is 20.7. The van der Waals surface area contributed by atoms with Gasteiger partial charge in [-0.15, -0.1) is 6.42 Å². The average Bonchev–Trinajstić information content (AvgIpc) is 3.07. The van der Waals surface area contributed by atoms with E-state index in [0.29, 0.717) is 33.8 Å². The molecule has 2 aromatic carbocycles. The molecule has 1 aromatic heterocycles. The molecule has 0 fully saturated rings. The molecule has 0 saturated heterocycles. The first-order chi connectivity index (χ1) is 13.0. The van der Waals surface area contributed by atoms with Crippen LogP contribution in [0.1, 0.15) is 45.8 Å². The number of benzene rings is 2. The summed E-state index contributed by atoms with van der Waals surface area (Å²) in [5.41, 5.74) is 9.02. The Labute approximate surface area is 155 Å². The predicted octanol–water partition coefficient (Wildman–Crippen LogP) is 3.00. The molecule has 6 heteroatoms. The number of aliphatic imine (C=N–C) groups is 1. The molecule has 0 bridgehead atoms. The second-order valence-electron chi connectivity index (χ2n) is 6.22. The van der Waals surface area contributed by atoms with Crippen molar-refractivity contribution in [2.45, 2.75) is 13.0 Å². The molecule has 5 nitrogen and oxygen atoms in total. The van der Waals surface area contributed by atoms with Crippen LogP contribution in [0.5, 0.6) is 0 Å². The van der Waals surface area contributed by atoms with Crippen LogP contribution in [0.4, 0.5) is 4.39 Å². The number of carbonyl (C=O) groups is 1. The fourth-order valence-corrected chi connectivity index (χ4v) is 3.36. The Bertz CT molecular complexity index is 1150. The summed E-state index contributed by atoms with van der Waals surface area (Å²) < 4.78 is 16.3. The molecule has 1 unspecified atom stereocenters. The molecule has 0 saturated carbocycles. The molecule has 132 valence electrons. The first-order valence-corrected chi connectivity index (χ1v) is 8.32. The van der Waals surface area contributed by atoms with Crippen LogP contribution in [-0.2, 0) is 0 Å². The Hall–Kier alpha value is -3.72. The van der Waals surface area contributed by atoms with Gasteiger partial charge in [0.1, 0.15) is 12.1 Å². The van der Waals surface area contributed by atoms with Gasteiger partial charge in [-0.25, -0.2) is 9.37 Å². The fraction of sp³-hybridized carbons (Fsp3) is 0.0952. The van der Waals surface area contributed by atoms with Gasteiger partial charge in [-0.1, -0.05) is 18.1 Å². The molecule has 0 radical (unpaired) electrons. The largest absolute Gasteiger partial charge is 0.364 e. The van der Waals surface area contributed by atoms with Gasteiger partial charge in [0.2, 0.25) is 0 Å². The quantitative estimate of drug-likeness (QED) is 0.715. The van der Waals surface area contributed by atoms with Crippen molar-refractivity contribution >= 4 is 11.6 Å². The first kappa shape index (κ1) is 16.7. The third-order valence-electron chi connectivity index (χ3n) is 4.56. The van der Waals surface area contributed by atoms with Gasteiger partial charge in [-0.05, 0) is 37.3 Å².